The topological polar surface area (TPSA) is 76.4 Å². The van der Waals surface area contributed by atoms with Gasteiger partial charge in [0.15, 0.2) is 4.80 Å². The average molecular weight is 478 g/mol. The van der Waals surface area contributed by atoms with E-state index in [1.54, 1.807) is 30.5 Å². The minimum atomic E-state index is -0.650. The number of H-pyrrole nitrogens is 1. The van der Waals surface area contributed by atoms with Gasteiger partial charge in [-0.3, -0.25) is 9.36 Å². The van der Waals surface area contributed by atoms with Gasteiger partial charge in [0.2, 0.25) is 0 Å². The van der Waals surface area contributed by atoms with Crippen LogP contribution in [0, 0.1) is 0 Å². The van der Waals surface area contributed by atoms with Crippen molar-refractivity contribution >= 4 is 45.9 Å². The van der Waals surface area contributed by atoms with Crippen molar-refractivity contribution in [1.29, 1.82) is 0 Å². The molecule has 3 heterocycles. The summed E-state index contributed by atoms with van der Waals surface area (Å²) in [5, 5.41) is 1.60. The number of hydrogen-bond acceptors (Lipinski definition) is 5. The Hall–Kier alpha value is -3.42. The van der Waals surface area contributed by atoms with Crippen LogP contribution in [-0.4, -0.2) is 22.1 Å². The van der Waals surface area contributed by atoms with Gasteiger partial charge in [-0.2, -0.15) is 0 Å². The number of fused-ring (bicyclic) bond motifs is 2. The van der Waals surface area contributed by atoms with Crippen molar-refractivity contribution in [2.75, 3.05) is 6.61 Å². The van der Waals surface area contributed by atoms with Crippen LogP contribution in [0.25, 0.3) is 17.0 Å². The number of aromatic amines is 1. The van der Waals surface area contributed by atoms with Gasteiger partial charge >= 0.3 is 5.97 Å². The molecule has 33 heavy (non-hydrogen) atoms. The van der Waals surface area contributed by atoms with E-state index in [-0.39, 0.29) is 12.2 Å². The zero-order chi connectivity index (χ0) is 23.1. The predicted octanol–water partition coefficient (Wildman–Crippen LogP) is 3.93. The second kappa shape index (κ2) is 8.50. The minimum Gasteiger partial charge on any atom is -0.463 e. The summed E-state index contributed by atoms with van der Waals surface area (Å²) in [6.45, 7) is 3.75. The first-order valence-corrected chi connectivity index (χ1v) is 11.7. The van der Waals surface area contributed by atoms with Gasteiger partial charge in [-0.1, -0.05) is 53.3 Å². The lowest BCUT2D eigenvalue weighted by atomic mass is 9.96. The molecule has 5 rings (SSSR count). The predicted molar refractivity (Wildman–Crippen MR) is 130 cm³/mol. The Morgan fingerprint density at radius 1 is 1.24 bits per heavy atom. The molecule has 0 aliphatic carbocycles. The molecule has 2 aromatic heterocycles. The number of carbonyl (C=O) groups is 1. The lowest BCUT2D eigenvalue weighted by Gasteiger charge is -2.24. The van der Waals surface area contributed by atoms with Gasteiger partial charge in [-0.15, -0.1) is 0 Å². The number of nitrogens with zero attached hydrogens (tertiary/aromatic N) is 2. The molecule has 166 valence electrons. The van der Waals surface area contributed by atoms with Gasteiger partial charge in [0.05, 0.1) is 28.5 Å². The number of rotatable bonds is 4. The minimum absolute atomic E-state index is 0.210. The monoisotopic (exact) mass is 477 g/mol. The molecule has 0 fully saturated rings. The van der Waals surface area contributed by atoms with E-state index in [4.69, 9.17) is 16.3 Å². The molecule has 4 aromatic rings. The maximum absolute atomic E-state index is 13.6. The molecule has 0 amide bonds. The number of aromatic nitrogens is 2. The van der Waals surface area contributed by atoms with Crippen LogP contribution in [-0.2, 0) is 9.53 Å². The largest absolute Gasteiger partial charge is 0.463 e. The van der Waals surface area contributed by atoms with E-state index in [0.717, 1.165) is 22.0 Å². The summed E-state index contributed by atoms with van der Waals surface area (Å²) < 4.78 is 7.43. The quantitative estimate of drug-likeness (QED) is 0.452. The number of ether oxygens (including phenoxy) is 1. The highest BCUT2D eigenvalue weighted by Crippen LogP contribution is 2.31. The zero-order valence-electron chi connectivity index (χ0n) is 18.0. The first kappa shape index (κ1) is 21.4. The summed E-state index contributed by atoms with van der Waals surface area (Å²) in [5.41, 5.74) is 3.35. The highest BCUT2D eigenvalue weighted by atomic mass is 35.5. The SMILES string of the molecule is CCOC(=O)C1=C(C)N=c2sc(=Cc3c[nH]c4ccccc34)c(=O)n2C1c1ccc(Cl)cc1. The van der Waals surface area contributed by atoms with Crippen molar-refractivity contribution in [1.82, 2.24) is 9.55 Å². The van der Waals surface area contributed by atoms with Crippen molar-refractivity contribution in [3.63, 3.8) is 0 Å². The summed E-state index contributed by atoms with van der Waals surface area (Å²) in [6.07, 6.45) is 3.75. The molecule has 1 unspecified atom stereocenters. The van der Waals surface area contributed by atoms with E-state index < -0.39 is 12.0 Å². The van der Waals surface area contributed by atoms with Crippen LogP contribution in [0.15, 0.2) is 75.8 Å². The third-order valence-electron chi connectivity index (χ3n) is 5.61. The number of carbonyl (C=O) groups excluding carboxylic acids is 1. The van der Waals surface area contributed by atoms with Crippen LogP contribution in [0.2, 0.25) is 5.02 Å². The van der Waals surface area contributed by atoms with Crippen molar-refractivity contribution in [2.24, 2.45) is 4.99 Å². The molecule has 1 aliphatic heterocycles. The maximum Gasteiger partial charge on any atom is 0.338 e. The Labute approximate surface area is 198 Å². The molecule has 1 N–H and O–H groups in total. The van der Waals surface area contributed by atoms with Gasteiger partial charge < -0.3 is 9.72 Å². The molecule has 0 saturated heterocycles. The summed E-state index contributed by atoms with van der Waals surface area (Å²) in [5.74, 6) is -0.482. The number of para-hydroxylation sites is 1. The molecular formula is C25H20ClN3O3S. The Kier molecular flexibility index (Phi) is 5.52. The number of benzene rings is 2. The van der Waals surface area contributed by atoms with Gasteiger partial charge in [0.1, 0.15) is 0 Å². The van der Waals surface area contributed by atoms with Crippen LogP contribution < -0.4 is 14.9 Å². The lowest BCUT2D eigenvalue weighted by Crippen LogP contribution is -2.39. The molecule has 1 atom stereocenters. The number of halogens is 1. The van der Waals surface area contributed by atoms with Crippen LogP contribution in [0.4, 0.5) is 0 Å². The smallest absolute Gasteiger partial charge is 0.338 e. The van der Waals surface area contributed by atoms with Crippen molar-refractivity contribution < 1.29 is 9.53 Å². The van der Waals surface area contributed by atoms with Gasteiger partial charge in [-0.05, 0) is 43.7 Å². The fraction of sp³-hybridized carbons (Fsp3) is 0.160. The zero-order valence-corrected chi connectivity index (χ0v) is 19.5. The van der Waals surface area contributed by atoms with E-state index in [1.807, 2.05) is 48.7 Å². The Bertz CT molecular complexity index is 1590. The summed E-state index contributed by atoms with van der Waals surface area (Å²) >= 11 is 7.40. The van der Waals surface area contributed by atoms with Crippen molar-refractivity contribution in [3.05, 3.63) is 102 Å². The molecular weight excluding hydrogens is 458 g/mol. The van der Waals surface area contributed by atoms with Gasteiger partial charge in [0.25, 0.3) is 5.56 Å². The standard InChI is InChI=1S/C25H20ClN3O3S/c1-3-32-24(31)21-14(2)28-25-29(22(21)15-8-10-17(26)11-9-15)23(30)20(33-25)12-16-13-27-19-7-5-4-6-18(16)19/h4-13,22,27H,3H2,1-2H3. The summed E-state index contributed by atoms with van der Waals surface area (Å²) in [6, 6.07) is 14.4. The fourth-order valence-electron chi connectivity index (χ4n) is 4.11. The third kappa shape index (κ3) is 3.73. The fourth-order valence-corrected chi connectivity index (χ4v) is 5.27. The maximum atomic E-state index is 13.6. The first-order chi connectivity index (χ1) is 16.0. The van der Waals surface area contributed by atoms with Crippen molar-refractivity contribution in [3.8, 4) is 0 Å². The number of allylic oxidation sites excluding steroid dienone is 1. The van der Waals surface area contributed by atoms with Crippen molar-refractivity contribution in [2.45, 2.75) is 19.9 Å². The molecule has 0 saturated carbocycles. The van der Waals surface area contributed by atoms with Gasteiger partial charge in [-0.25, -0.2) is 9.79 Å². The Morgan fingerprint density at radius 3 is 2.76 bits per heavy atom. The highest BCUT2D eigenvalue weighted by Gasteiger charge is 2.33. The lowest BCUT2D eigenvalue weighted by molar-refractivity contribution is -0.139. The summed E-state index contributed by atoms with van der Waals surface area (Å²) in [7, 11) is 0. The van der Waals surface area contributed by atoms with E-state index in [9.17, 15) is 9.59 Å². The molecule has 6 nitrogen and oxygen atoms in total. The third-order valence-corrected chi connectivity index (χ3v) is 6.85. The van der Waals surface area contributed by atoms with Crippen LogP contribution in [0.5, 0.6) is 0 Å². The molecule has 0 radical (unpaired) electrons. The van der Waals surface area contributed by atoms with Crippen LogP contribution in [0.1, 0.15) is 31.0 Å². The second-order valence-corrected chi connectivity index (χ2v) is 9.09. The number of thiazole rings is 1. The molecule has 8 heteroatoms. The van der Waals surface area contributed by atoms with E-state index in [0.29, 0.717) is 25.6 Å². The Morgan fingerprint density at radius 2 is 2.00 bits per heavy atom. The molecule has 1 aliphatic rings. The van der Waals surface area contributed by atoms with E-state index in [2.05, 4.69) is 9.98 Å². The highest BCUT2D eigenvalue weighted by molar-refractivity contribution is 7.07. The first-order valence-electron chi connectivity index (χ1n) is 10.5. The Balaban J connectivity index is 1.74. The van der Waals surface area contributed by atoms with E-state index in [1.165, 1.54) is 11.3 Å². The number of hydrogen-bond donors (Lipinski definition) is 1. The second-order valence-electron chi connectivity index (χ2n) is 7.64. The molecule has 0 spiro atoms. The van der Waals surface area contributed by atoms with Crippen LogP contribution >= 0.6 is 22.9 Å². The normalized spacial score (nSPS) is 16.1. The van der Waals surface area contributed by atoms with E-state index >= 15 is 0 Å². The molecule has 0 bridgehead atoms. The average Bonchev–Trinajstić information content (AvgIpc) is 3.35. The molecule has 2 aromatic carbocycles. The van der Waals surface area contributed by atoms with Gasteiger partial charge in [0, 0.05) is 27.7 Å². The number of nitrogens with one attached hydrogen (secondary N) is 1. The summed E-state index contributed by atoms with van der Waals surface area (Å²) in [4.78, 5) is 34.9. The number of esters is 1. The van der Waals surface area contributed by atoms with Crippen LogP contribution in [0.3, 0.4) is 0 Å².